The Balaban J connectivity index is 1.69. The Morgan fingerprint density at radius 1 is 0.857 bits per heavy atom. The lowest BCUT2D eigenvalue weighted by molar-refractivity contribution is 0.253. The van der Waals surface area contributed by atoms with Gasteiger partial charge in [0.25, 0.3) is 0 Å². The fourth-order valence-corrected chi connectivity index (χ4v) is 13.2. The van der Waals surface area contributed by atoms with Crippen molar-refractivity contribution in [2.45, 2.75) is 0 Å². The Labute approximate surface area is 159 Å². The highest BCUT2D eigenvalue weighted by atomic mass is 32.3. The summed E-state index contributed by atoms with van der Waals surface area (Å²) in [5.74, 6) is 2.53. The molecule has 3 aliphatic heterocycles. The van der Waals surface area contributed by atoms with E-state index >= 15 is 0 Å². The summed E-state index contributed by atoms with van der Waals surface area (Å²) in [5.41, 5.74) is 0. The Kier molecular flexibility index (Phi) is 7.10. The van der Waals surface area contributed by atoms with Gasteiger partial charge in [-0.05, 0) is 12.5 Å². The highest BCUT2D eigenvalue weighted by molar-refractivity contribution is 8.45. The quantitative estimate of drug-likeness (QED) is 0.564. The number of aliphatic hydroxyl groups excluding tert-OH is 1. The van der Waals surface area contributed by atoms with Crippen molar-refractivity contribution in [3.05, 3.63) is 25.4 Å². The van der Waals surface area contributed by atoms with E-state index in [2.05, 4.69) is 12.5 Å². The van der Waals surface area contributed by atoms with Gasteiger partial charge in [-0.1, -0.05) is 47.0 Å². The molecule has 0 aromatic carbocycles. The smallest absolute Gasteiger partial charge is 0.0717 e. The van der Waals surface area contributed by atoms with Gasteiger partial charge in [0.15, 0.2) is 0 Å². The van der Waals surface area contributed by atoms with Crippen LogP contribution in [0.4, 0.5) is 0 Å². The number of thioether (sulfide) groups is 8. The van der Waals surface area contributed by atoms with E-state index < -0.39 is 0 Å². The van der Waals surface area contributed by atoms with Crippen LogP contribution in [0.2, 0.25) is 0 Å². The third-order valence-corrected chi connectivity index (χ3v) is 14.5. The van der Waals surface area contributed by atoms with Crippen molar-refractivity contribution in [2.24, 2.45) is 5.92 Å². The second-order valence-electron chi connectivity index (χ2n) is 4.21. The molecule has 1 nitrogen and oxygen atoms in total. The molecule has 0 radical (unpaired) electrons. The number of aliphatic hydroxyl groups is 1. The van der Waals surface area contributed by atoms with Gasteiger partial charge in [0.2, 0.25) is 0 Å². The minimum absolute atomic E-state index is 0.313. The maximum Gasteiger partial charge on any atom is 0.0717 e. The number of hydrogen-bond donors (Lipinski definition) is 1. The molecule has 0 spiro atoms. The van der Waals surface area contributed by atoms with Gasteiger partial charge in [-0.2, -0.15) is 0 Å². The van der Waals surface area contributed by atoms with Gasteiger partial charge >= 0.3 is 0 Å². The maximum absolute atomic E-state index is 9.33. The monoisotopic (exact) mass is 430 g/mol. The zero-order chi connectivity index (χ0) is 14.8. The van der Waals surface area contributed by atoms with Crippen LogP contribution in [0, 0.1) is 5.92 Å². The topological polar surface area (TPSA) is 20.2 Å². The molecule has 0 aromatic heterocycles. The molecule has 0 amide bonds. The minimum Gasteiger partial charge on any atom is -0.396 e. The molecule has 0 saturated carbocycles. The normalized spacial score (nSPS) is 24.1. The van der Waals surface area contributed by atoms with Crippen molar-refractivity contribution in [3.63, 3.8) is 0 Å². The van der Waals surface area contributed by atoms with Crippen LogP contribution in [-0.2, 0) is 0 Å². The SMILES string of the molecule is CSC1=C(SC)SC(=C2SC3=C(SCC(CO)CS3)S2)S1. The van der Waals surface area contributed by atoms with E-state index in [4.69, 9.17) is 0 Å². The van der Waals surface area contributed by atoms with Crippen molar-refractivity contribution in [3.8, 4) is 0 Å². The zero-order valence-electron chi connectivity index (χ0n) is 11.4. The Hall–Kier alpha value is 1.98. The molecule has 116 valence electrons. The molecule has 0 aromatic rings. The minimum atomic E-state index is 0.313. The van der Waals surface area contributed by atoms with Gasteiger partial charge < -0.3 is 5.11 Å². The number of rotatable bonds is 3. The highest BCUT2D eigenvalue weighted by Gasteiger charge is 2.32. The molecule has 3 rings (SSSR count). The summed E-state index contributed by atoms with van der Waals surface area (Å²) in [6, 6.07) is 0. The molecule has 0 fully saturated rings. The van der Waals surface area contributed by atoms with E-state index in [0.29, 0.717) is 12.5 Å². The van der Waals surface area contributed by atoms with Gasteiger partial charge in [0.05, 0.1) is 25.4 Å². The van der Waals surface area contributed by atoms with Crippen LogP contribution in [0.25, 0.3) is 0 Å². The summed E-state index contributed by atoms with van der Waals surface area (Å²) in [4.78, 5) is 0. The van der Waals surface area contributed by atoms with E-state index in [1.54, 1.807) is 0 Å². The molecule has 0 unspecified atom stereocenters. The first-order valence-electron chi connectivity index (χ1n) is 6.13. The first-order valence-corrected chi connectivity index (χ1v) is 13.8. The van der Waals surface area contributed by atoms with E-state index in [9.17, 15) is 5.11 Å². The van der Waals surface area contributed by atoms with Crippen LogP contribution >= 0.6 is 94.1 Å². The average Bonchev–Trinajstić information content (AvgIpc) is 3.06. The summed E-state index contributed by atoms with van der Waals surface area (Å²) < 4.78 is 8.69. The fraction of sp³-hybridized carbons (Fsp3) is 0.500. The zero-order valence-corrected chi connectivity index (χ0v) is 17.9. The van der Waals surface area contributed by atoms with Crippen molar-refractivity contribution < 1.29 is 5.11 Å². The molecule has 3 heterocycles. The lowest BCUT2D eigenvalue weighted by Crippen LogP contribution is -2.10. The molecule has 0 atom stereocenters. The second kappa shape index (κ2) is 8.38. The van der Waals surface area contributed by atoms with Crippen molar-refractivity contribution in [2.75, 3.05) is 30.6 Å². The van der Waals surface area contributed by atoms with Crippen molar-refractivity contribution in [1.82, 2.24) is 0 Å². The molecular weight excluding hydrogens is 417 g/mol. The van der Waals surface area contributed by atoms with Crippen LogP contribution < -0.4 is 0 Å². The predicted octanol–water partition coefficient (Wildman–Crippen LogP) is 6.14. The summed E-state index contributed by atoms with van der Waals surface area (Å²) in [5, 5.41) is 9.33. The third kappa shape index (κ3) is 4.15. The van der Waals surface area contributed by atoms with Gasteiger partial charge in [0.1, 0.15) is 0 Å². The maximum atomic E-state index is 9.33. The van der Waals surface area contributed by atoms with Crippen LogP contribution in [0.15, 0.2) is 25.4 Å². The van der Waals surface area contributed by atoms with Gasteiger partial charge in [-0.25, -0.2) is 0 Å². The number of hydrogen-bond acceptors (Lipinski definition) is 9. The van der Waals surface area contributed by atoms with Crippen LogP contribution in [0.1, 0.15) is 0 Å². The van der Waals surface area contributed by atoms with Crippen molar-refractivity contribution >= 4 is 94.1 Å². The molecule has 0 aliphatic carbocycles. The third-order valence-electron chi connectivity index (χ3n) is 2.77. The highest BCUT2D eigenvalue weighted by Crippen LogP contribution is 2.66. The summed E-state index contributed by atoms with van der Waals surface area (Å²) >= 11 is 15.3. The Morgan fingerprint density at radius 3 is 1.76 bits per heavy atom. The van der Waals surface area contributed by atoms with Gasteiger partial charge in [-0.15, -0.1) is 47.0 Å². The van der Waals surface area contributed by atoms with Gasteiger partial charge in [-0.3, -0.25) is 0 Å². The molecular formula is C12H14OS8. The molecule has 9 heteroatoms. The fourth-order valence-electron chi connectivity index (χ4n) is 1.68. The molecule has 0 saturated heterocycles. The standard InChI is InChI=1S/C12H14OS8/c1-14-7-8(15-2)19-11(18-7)12-20-9-10(21-12)17-5-6(3-13)4-16-9/h6,13H,3-5H2,1-2H3. The second-order valence-corrected chi connectivity index (χ2v) is 13.5. The van der Waals surface area contributed by atoms with Crippen LogP contribution in [-0.4, -0.2) is 35.7 Å². The predicted molar refractivity (Wildman–Crippen MR) is 114 cm³/mol. The lowest BCUT2D eigenvalue weighted by atomic mass is 10.2. The van der Waals surface area contributed by atoms with Crippen molar-refractivity contribution in [1.29, 1.82) is 0 Å². The first kappa shape index (κ1) is 17.8. The first-order chi connectivity index (χ1) is 10.2. The van der Waals surface area contributed by atoms with E-state index in [1.165, 1.54) is 25.4 Å². The Morgan fingerprint density at radius 2 is 1.33 bits per heavy atom. The van der Waals surface area contributed by atoms with E-state index in [-0.39, 0.29) is 0 Å². The molecule has 21 heavy (non-hydrogen) atoms. The molecule has 1 N–H and O–H groups in total. The lowest BCUT2D eigenvalue weighted by Gasteiger charge is -2.10. The Bertz CT molecular complexity index is 483. The summed E-state index contributed by atoms with van der Waals surface area (Å²) in [7, 11) is 0. The summed E-state index contributed by atoms with van der Waals surface area (Å²) in [6.45, 7) is 0.313. The summed E-state index contributed by atoms with van der Waals surface area (Å²) in [6.07, 6.45) is 4.33. The van der Waals surface area contributed by atoms with E-state index in [0.717, 1.165) is 11.5 Å². The van der Waals surface area contributed by atoms with Crippen LogP contribution in [0.3, 0.4) is 0 Å². The van der Waals surface area contributed by atoms with Gasteiger partial charge in [0, 0.05) is 24.0 Å². The van der Waals surface area contributed by atoms with Crippen LogP contribution in [0.5, 0.6) is 0 Å². The molecule has 3 aliphatic rings. The average molecular weight is 431 g/mol. The van der Waals surface area contributed by atoms with E-state index in [1.807, 2.05) is 94.1 Å². The molecule has 0 bridgehead atoms. The largest absolute Gasteiger partial charge is 0.396 e.